The van der Waals surface area contributed by atoms with E-state index in [4.69, 9.17) is 16.1 Å². The number of aromatic nitrogens is 4. The Kier molecular flexibility index (Phi) is 4.69. The van der Waals surface area contributed by atoms with Crippen LogP contribution in [-0.4, -0.2) is 19.7 Å². The molecule has 0 aliphatic carbocycles. The van der Waals surface area contributed by atoms with Crippen LogP contribution in [0, 0.1) is 6.92 Å². The minimum absolute atomic E-state index is 0.127. The number of aryl methyl sites for hydroxylation is 1. The zero-order chi connectivity index (χ0) is 20.7. The lowest BCUT2D eigenvalue weighted by Gasteiger charge is -2.04. The van der Waals surface area contributed by atoms with Crippen LogP contribution in [0.15, 0.2) is 69.6 Å². The maximum Gasteiger partial charge on any atom is 0.263 e. The van der Waals surface area contributed by atoms with Crippen molar-refractivity contribution in [2.24, 2.45) is 0 Å². The molecule has 0 bridgehead atoms. The summed E-state index contributed by atoms with van der Waals surface area (Å²) in [6, 6.07) is 15.4. The van der Waals surface area contributed by atoms with E-state index in [2.05, 4.69) is 15.1 Å². The van der Waals surface area contributed by atoms with Gasteiger partial charge in [0, 0.05) is 16.5 Å². The van der Waals surface area contributed by atoms with Gasteiger partial charge in [0.1, 0.15) is 11.4 Å². The van der Waals surface area contributed by atoms with E-state index >= 15 is 0 Å². The third-order valence-electron chi connectivity index (χ3n) is 4.81. The molecule has 6 nitrogen and oxygen atoms in total. The zero-order valence-corrected chi connectivity index (χ0v) is 17.4. The van der Waals surface area contributed by atoms with Crippen LogP contribution in [0.1, 0.15) is 11.5 Å². The van der Waals surface area contributed by atoms with Gasteiger partial charge in [-0.2, -0.15) is 4.98 Å². The molecule has 148 valence electrons. The number of thiophene rings is 1. The molecule has 5 rings (SSSR count). The lowest BCUT2D eigenvalue weighted by atomic mass is 10.1. The number of fused-ring (bicyclic) bond motifs is 1. The smallest absolute Gasteiger partial charge is 0.263 e. The molecule has 0 unspecified atom stereocenters. The summed E-state index contributed by atoms with van der Waals surface area (Å²) in [5, 5.41) is 7.09. The van der Waals surface area contributed by atoms with Crippen LogP contribution in [0.3, 0.4) is 0 Å². The van der Waals surface area contributed by atoms with Crippen molar-refractivity contribution in [3.8, 4) is 22.5 Å². The number of hydrogen-bond acceptors (Lipinski definition) is 6. The fourth-order valence-electron chi connectivity index (χ4n) is 3.24. The SMILES string of the molecule is Cc1ccc(-c2csc3ncn(Cc4nc(-c5ccccc5Cl)no4)c(=O)c23)cc1. The third-order valence-corrected chi connectivity index (χ3v) is 6.03. The van der Waals surface area contributed by atoms with Gasteiger partial charge in [-0.1, -0.05) is 58.7 Å². The van der Waals surface area contributed by atoms with Gasteiger partial charge < -0.3 is 4.52 Å². The molecule has 30 heavy (non-hydrogen) atoms. The monoisotopic (exact) mass is 434 g/mol. The molecule has 5 aromatic rings. The van der Waals surface area contributed by atoms with Gasteiger partial charge >= 0.3 is 0 Å². The van der Waals surface area contributed by atoms with Crippen molar-refractivity contribution >= 4 is 33.2 Å². The van der Waals surface area contributed by atoms with Crippen molar-refractivity contribution in [1.29, 1.82) is 0 Å². The first-order valence-electron chi connectivity index (χ1n) is 9.21. The molecule has 0 fully saturated rings. The predicted molar refractivity (Wildman–Crippen MR) is 118 cm³/mol. The van der Waals surface area contributed by atoms with E-state index < -0.39 is 0 Å². The van der Waals surface area contributed by atoms with E-state index in [9.17, 15) is 4.79 Å². The summed E-state index contributed by atoms with van der Waals surface area (Å²) in [5.74, 6) is 0.689. The van der Waals surface area contributed by atoms with Gasteiger partial charge in [-0.05, 0) is 24.6 Å². The minimum atomic E-state index is -0.144. The molecule has 0 aliphatic heterocycles. The van der Waals surface area contributed by atoms with Gasteiger partial charge in [0.15, 0.2) is 0 Å². The summed E-state index contributed by atoms with van der Waals surface area (Å²) >= 11 is 7.66. The quantitative estimate of drug-likeness (QED) is 0.389. The lowest BCUT2D eigenvalue weighted by Crippen LogP contribution is -2.21. The van der Waals surface area contributed by atoms with E-state index in [1.807, 2.05) is 54.8 Å². The van der Waals surface area contributed by atoms with E-state index in [1.54, 1.807) is 6.07 Å². The molecule has 0 saturated carbocycles. The summed E-state index contributed by atoms with van der Waals surface area (Å²) in [6.07, 6.45) is 1.51. The van der Waals surface area contributed by atoms with Crippen LogP contribution >= 0.6 is 22.9 Å². The van der Waals surface area contributed by atoms with Gasteiger partial charge in [-0.3, -0.25) is 9.36 Å². The van der Waals surface area contributed by atoms with Gasteiger partial charge in [-0.25, -0.2) is 4.98 Å². The predicted octanol–water partition coefficient (Wildman–Crippen LogP) is 5.19. The highest BCUT2D eigenvalue weighted by molar-refractivity contribution is 7.17. The maximum absolute atomic E-state index is 13.2. The fourth-order valence-corrected chi connectivity index (χ4v) is 4.37. The number of halogens is 1. The lowest BCUT2D eigenvalue weighted by molar-refractivity contribution is 0.369. The Hall–Kier alpha value is -3.29. The number of nitrogens with zero attached hydrogens (tertiary/aromatic N) is 4. The van der Waals surface area contributed by atoms with E-state index in [1.165, 1.54) is 27.8 Å². The highest BCUT2D eigenvalue weighted by atomic mass is 35.5. The molecule has 0 amide bonds. The Bertz CT molecular complexity index is 1420. The Morgan fingerprint density at radius 2 is 1.90 bits per heavy atom. The number of rotatable bonds is 4. The second kappa shape index (κ2) is 7.51. The molecule has 0 radical (unpaired) electrons. The summed E-state index contributed by atoms with van der Waals surface area (Å²) in [7, 11) is 0. The second-order valence-corrected chi connectivity index (χ2v) is 8.13. The maximum atomic E-state index is 13.2. The molecule has 0 spiro atoms. The molecule has 0 saturated heterocycles. The molecule has 2 aromatic carbocycles. The van der Waals surface area contributed by atoms with Crippen molar-refractivity contribution in [2.45, 2.75) is 13.5 Å². The van der Waals surface area contributed by atoms with Crippen molar-refractivity contribution in [3.05, 3.63) is 87.1 Å². The Labute approximate surface area is 180 Å². The average molecular weight is 435 g/mol. The summed E-state index contributed by atoms with van der Waals surface area (Å²) < 4.78 is 6.83. The highest BCUT2D eigenvalue weighted by Gasteiger charge is 2.16. The van der Waals surface area contributed by atoms with Gasteiger partial charge in [0.25, 0.3) is 5.56 Å². The molecular formula is C22H15ClN4O2S. The van der Waals surface area contributed by atoms with Crippen LogP contribution < -0.4 is 5.56 Å². The molecule has 0 N–H and O–H groups in total. The van der Waals surface area contributed by atoms with Crippen LogP contribution in [0.4, 0.5) is 0 Å². The summed E-state index contributed by atoms with van der Waals surface area (Å²) in [6.45, 7) is 2.16. The third kappa shape index (κ3) is 3.32. The van der Waals surface area contributed by atoms with Crippen molar-refractivity contribution in [2.75, 3.05) is 0 Å². The van der Waals surface area contributed by atoms with Crippen LogP contribution in [-0.2, 0) is 6.54 Å². The first-order valence-corrected chi connectivity index (χ1v) is 10.5. The van der Waals surface area contributed by atoms with Crippen LogP contribution in [0.5, 0.6) is 0 Å². The van der Waals surface area contributed by atoms with Crippen LogP contribution in [0.2, 0.25) is 5.02 Å². The molecule has 3 aromatic heterocycles. The Morgan fingerprint density at radius 3 is 2.70 bits per heavy atom. The topological polar surface area (TPSA) is 73.8 Å². The van der Waals surface area contributed by atoms with Crippen molar-refractivity contribution in [1.82, 2.24) is 19.7 Å². The van der Waals surface area contributed by atoms with Gasteiger partial charge in [0.05, 0.1) is 16.7 Å². The largest absolute Gasteiger partial charge is 0.337 e. The Morgan fingerprint density at radius 1 is 1.10 bits per heavy atom. The number of benzene rings is 2. The second-order valence-electron chi connectivity index (χ2n) is 6.86. The first-order chi connectivity index (χ1) is 14.6. The van der Waals surface area contributed by atoms with E-state index in [0.717, 1.165) is 11.1 Å². The van der Waals surface area contributed by atoms with Crippen molar-refractivity contribution < 1.29 is 4.52 Å². The molecule has 8 heteroatoms. The molecular weight excluding hydrogens is 420 g/mol. The highest BCUT2D eigenvalue weighted by Crippen LogP contribution is 2.31. The van der Waals surface area contributed by atoms with Gasteiger partial charge in [-0.15, -0.1) is 11.3 Å². The normalized spacial score (nSPS) is 11.3. The molecule has 3 heterocycles. The Balaban J connectivity index is 1.52. The first kappa shape index (κ1) is 18.7. The van der Waals surface area contributed by atoms with Crippen molar-refractivity contribution in [3.63, 3.8) is 0 Å². The van der Waals surface area contributed by atoms with Gasteiger partial charge in [0.2, 0.25) is 11.7 Å². The fraction of sp³-hybridized carbons (Fsp3) is 0.0909. The summed E-state index contributed by atoms with van der Waals surface area (Å²) in [5.41, 5.74) is 3.56. The molecule has 0 aliphatic rings. The van der Waals surface area contributed by atoms with E-state index in [0.29, 0.717) is 32.5 Å². The van der Waals surface area contributed by atoms with E-state index in [-0.39, 0.29) is 12.1 Å². The average Bonchev–Trinajstić information content (AvgIpc) is 3.39. The minimum Gasteiger partial charge on any atom is -0.337 e. The standard InChI is InChI=1S/C22H15ClN4O2S/c1-13-6-8-14(9-7-13)16-11-30-21-19(16)22(28)27(12-24-21)10-18-25-20(26-29-18)15-4-2-3-5-17(15)23/h2-9,11-12H,10H2,1H3. The van der Waals surface area contributed by atoms with Crippen LogP contribution in [0.25, 0.3) is 32.7 Å². The number of hydrogen-bond donors (Lipinski definition) is 0. The zero-order valence-electron chi connectivity index (χ0n) is 15.9. The molecule has 0 atom stereocenters. The summed E-state index contributed by atoms with van der Waals surface area (Å²) in [4.78, 5) is 22.7.